The Morgan fingerprint density at radius 1 is 1.45 bits per heavy atom. The van der Waals surface area contributed by atoms with Crippen molar-refractivity contribution in [3.05, 3.63) is 47.5 Å². The molecule has 2 aromatic heterocycles. The first-order valence-corrected chi connectivity index (χ1v) is 7.40. The maximum Gasteiger partial charge on any atom is 0.256 e. The predicted octanol–water partition coefficient (Wildman–Crippen LogP) is 2.84. The van der Waals surface area contributed by atoms with Crippen molar-refractivity contribution < 1.29 is 9.32 Å². The molecule has 1 atom stereocenters. The zero-order valence-electron chi connectivity index (χ0n) is 12.2. The number of aryl methyl sites for hydroxylation is 1. The Bertz CT molecular complexity index is 835. The first-order chi connectivity index (χ1) is 10.7. The zero-order valence-corrected chi connectivity index (χ0v) is 12.2. The molecule has 1 N–H and O–H groups in total. The summed E-state index contributed by atoms with van der Waals surface area (Å²) in [6.07, 6.45) is 3.60. The molecule has 3 aromatic rings. The van der Waals surface area contributed by atoms with Crippen LogP contribution in [0.3, 0.4) is 0 Å². The van der Waals surface area contributed by atoms with E-state index in [1.54, 1.807) is 6.20 Å². The molecular weight excluding hydrogens is 280 g/mol. The number of nitrogens with zero attached hydrogens (tertiary/aromatic N) is 3. The normalized spacial score (nSPS) is 18.2. The van der Waals surface area contributed by atoms with E-state index >= 15 is 0 Å². The molecule has 0 radical (unpaired) electrons. The highest BCUT2D eigenvalue weighted by molar-refractivity contribution is 6.05. The summed E-state index contributed by atoms with van der Waals surface area (Å²) in [7, 11) is 0. The Morgan fingerprint density at radius 2 is 2.36 bits per heavy atom. The monoisotopic (exact) mass is 296 g/mol. The molecule has 1 aliphatic heterocycles. The van der Waals surface area contributed by atoms with Crippen LogP contribution in [0.15, 0.2) is 35.0 Å². The summed E-state index contributed by atoms with van der Waals surface area (Å²) in [5.41, 5.74) is 2.27. The highest BCUT2D eigenvalue weighted by atomic mass is 16.5. The van der Waals surface area contributed by atoms with Gasteiger partial charge in [-0.15, -0.1) is 0 Å². The van der Waals surface area contributed by atoms with Gasteiger partial charge in [-0.2, -0.15) is 5.10 Å². The van der Waals surface area contributed by atoms with Gasteiger partial charge in [0.15, 0.2) is 5.76 Å². The number of carbonyl (C=O) groups excluding carboxylic acids is 1. The van der Waals surface area contributed by atoms with Crippen molar-refractivity contribution in [1.29, 1.82) is 0 Å². The van der Waals surface area contributed by atoms with Crippen LogP contribution in [0.2, 0.25) is 0 Å². The third kappa shape index (κ3) is 1.99. The number of benzene rings is 1. The van der Waals surface area contributed by atoms with Crippen LogP contribution in [-0.2, 0) is 0 Å². The summed E-state index contributed by atoms with van der Waals surface area (Å²) in [6.45, 7) is 2.62. The molecule has 3 heterocycles. The molecule has 1 fully saturated rings. The van der Waals surface area contributed by atoms with E-state index in [-0.39, 0.29) is 11.9 Å². The van der Waals surface area contributed by atoms with Crippen LogP contribution in [-0.4, -0.2) is 32.7 Å². The first kappa shape index (κ1) is 13.1. The minimum atomic E-state index is -0.0353. The Kier molecular flexibility index (Phi) is 2.96. The lowest BCUT2D eigenvalue weighted by Crippen LogP contribution is -2.30. The Hall–Kier alpha value is -2.63. The fourth-order valence-electron chi connectivity index (χ4n) is 3.15. The van der Waals surface area contributed by atoms with Gasteiger partial charge in [0, 0.05) is 18.0 Å². The van der Waals surface area contributed by atoms with Gasteiger partial charge >= 0.3 is 0 Å². The molecule has 0 spiro atoms. The Morgan fingerprint density at radius 3 is 3.18 bits per heavy atom. The summed E-state index contributed by atoms with van der Waals surface area (Å²) in [6, 6.07) is 7.54. The molecule has 1 amide bonds. The van der Waals surface area contributed by atoms with Crippen LogP contribution < -0.4 is 0 Å². The van der Waals surface area contributed by atoms with Crippen molar-refractivity contribution in [2.75, 3.05) is 6.54 Å². The van der Waals surface area contributed by atoms with E-state index in [1.165, 1.54) is 0 Å². The van der Waals surface area contributed by atoms with Crippen molar-refractivity contribution in [2.24, 2.45) is 0 Å². The van der Waals surface area contributed by atoms with Gasteiger partial charge in [0.05, 0.1) is 29.0 Å². The van der Waals surface area contributed by atoms with Crippen LogP contribution in [0.1, 0.15) is 40.7 Å². The molecular formula is C16H16N4O2. The molecule has 6 nitrogen and oxygen atoms in total. The number of fused-ring (bicyclic) bond motifs is 1. The highest BCUT2D eigenvalue weighted by Gasteiger charge is 2.33. The van der Waals surface area contributed by atoms with E-state index in [2.05, 4.69) is 15.4 Å². The molecule has 6 heteroatoms. The molecule has 22 heavy (non-hydrogen) atoms. The minimum Gasteiger partial charge on any atom is -0.359 e. The van der Waals surface area contributed by atoms with Gasteiger partial charge in [-0.05, 0) is 25.8 Å². The predicted molar refractivity (Wildman–Crippen MR) is 80.3 cm³/mol. The quantitative estimate of drug-likeness (QED) is 0.789. The fraction of sp³-hybridized carbons (Fsp3) is 0.312. The van der Waals surface area contributed by atoms with Crippen molar-refractivity contribution in [2.45, 2.75) is 25.8 Å². The third-order valence-electron chi connectivity index (χ3n) is 4.20. The van der Waals surface area contributed by atoms with Crippen LogP contribution >= 0.6 is 0 Å². The van der Waals surface area contributed by atoms with E-state index in [4.69, 9.17) is 4.52 Å². The average Bonchev–Trinajstić information content (AvgIpc) is 3.25. The van der Waals surface area contributed by atoms with Crippen LogP contribution in [0.4, 0.5) is 0 Å². The summed E-state index contributed by atoms with van der Waals surface area (Å²) in [4.78, 5) is 14.8. The van der Waals surface area contributed by atoms with E-state index in [9.17, 15) is 4.79 Å². The number of nitrogens with one attached hydrogen (secondary N) is 1. The standard InChI is InChI=1S/C16H16N4O2/c1-10-8-14(22-19-10)13-6-3-7-20(13)16(21)12-5-2-4-11-9-17-18-15(11)12/h2,4-5,8-9,13H,3,6-7H2,1H3,(H,17,18). The lowest BCUT2D eigenvalue weighted by atomic mass is 10.1. The number of hydrogen-bond donors (Lipinski definition) is 1. The number of aromatic amines is 1. The van der Waals surface area contributed by atoms with Crippen LogP contribution in [0, 0.1) is 6.92 Å². The van der Waals surface area contributed by atoms with Gasteiger partial charge in [-0.25, -0.2) is 0 Å². The first-order valence-electron chi connectivity index (χ1n) is 7.40. The minimum absolute atomic E-state index is 0.00593. The number of rotatable bonds is 2. The zero-order chi connectivity index (χ0) is 15.1. The van der Waals surface area contributed by atoms with Crippen LogP contribution in [0.25, 0.3) is 10.9 Å². The number of hydrogen-bond acceptors (Lipinski definition) is 4. The second kappa shape index (κ2) is 4.98. The van der Waals surface area contributed by atoms with E-state index in [1.807, 2.05) is 36.1 Å². The van der Waals surface area contributed by atoms with Gasteiger partial charge in [0.1, 0.15) is 0 Å². The largest absolute Gasteiger partial charge is 0.359 e. The molecule has 0 aliphatic carbocycles. The number of likely N-dealkylation sites (tertiary alicyclic amines) is 1. The number of carbonyl (C=O) groups is 1. The van der Waals surface area contributed by atoms with Crippen molar-refractivity contribution in [3.8, 4) is 0 Å². The lowest BCUT2D eigenvalue weighted by Gasteiger charge is -2.22. The van der Waals surface area contributed by atoms with E-state index < -0.39 is 0 Å². The van der Waals surface area contributed by atoms with Crippen LogP contribution in [0.5, 0.6) is 0 Å². The second-order valence-electron chi connectivity index (χ2n) is 5.67. The topological polar surface area (TPSA) is 75.0 Å². The number of para-hydroxylation sites is 1. The number of amides is 1. The van der Waals surface area contributed by atoms with Crippen molar-refractivity contribution >= 4 is 16.8 Å². The fourth-order valence-corrected chi connectivity index (χ4v) is 3.15. The molecule has 4 rings (SSSR count). The van der Waals surface area contributed by atoms with Gasteiger partial charge < -0.3 is 9.42 Å². The van der Waals surface area contributed by atoms with Gasteiger partial charge in [-0.1, -0.05) is 17.3 Å². The maximum absolute atomic E-state index is 13.0. The van der Waals surface area contributed by atoms with Gasteiger partial charge in [0.25, 0.3) is 5.91 Å². The summed E-state index contributed by atoms with van der Waals surface area (Å²) in [5, 5.41) is 11.8. The summed E-state index contributed by atoms with van der Waals surface area (Å²) < 4.78 is 5.37. The smallest absolute Gasteiger partial charge is 0.256 e. The lowest BCUT2D eigenvalue weighted by molar-refractivity contribution is 0.0716. The van der Waals surface area contributed by atoms with E-state index in [0.29, 0.717) is 5.56 Å². The number of aromatic nitrogens is 3. The molecule has 1 aromatic carbocycles. The molecule has 112 valence electrons. The third-order valence-corrected chi connectivity index (χ3v) is 4.20. The average molecular weight is 296 g/mol. The Balaban J connectivity index is 1.71. The second-order valence-corrected chi connectivity index (χ2v) is 5.67. The SMILES string of the molecule is Cc1cc(C2CCCN2C(=O)c2cccc3cn[nH]c23)on1. The highest BCUT2D eigenvalue weighted by Crippen LogP contribution is 2.34. The molecule has 0 saturated carbocycles. The molecule has 1 unspecified atom stereocenters. The molecule has 1 saturated heterocycles. The van der Waals surface area contributed by atoms with Gasteiger partial charge in [0.2, 0.25) is 0 Å². The molecule has 1 aliphatic rings. The summed E-state index contributed by atoms with van der Waals surface area (Å²) in [5.74, 6) is 0.770. The summed E-state index contributed by atoms with van der Waals surface area (Å²) >= 11 is 0. The maximum atomic E-state index is 13.0. The van der Waals surface area contributed by atoms with E-state index in [0.717, 1.165) is 41.7 Å². The van der Waals surface area contributed by atoms with Crippen molar-refractivity contribution in [3.63, 3.8) is 0 Å². The Labute approximate surface area is 127 Å². The van der Waals surface area contributed by atoms with Gasteiger partial charge in [-0.3, -0.25) is 9.89 Å². The van der Waals surface area contributed by atoms with Crippen molar-refractivity contribution in [1.82, 2.24) is 20.3 Å². The molecule has 0 bridgehead atoms. The number of H-pyrrole nitrogens is 1.